The first-order valence-corrected chi connectivity index (χ1v) is 8.34. The van der Waals surface area contributed by atoms with Gasteiger partial charge in [-0.1, -0.05) is 6.92 Å². The zero-order valence-corrected chi connectivity index (χ0v) is 13.5. The van der Waals surface area contributed by atoms with E-state index in [1.165, 1.54) is 18.4 Å². The third-order valence-corrected chi connectivity index (χ3v) is 4.61. The van der Waals surface area contributed by atoms with E-state index in [1.54, 1.807) is 0 Å². The molecule has 1 aromatic rings. The lowest BCUT2D eigenvalue weighted by Crippen LogP contribution is -2.43. The molecule has 22 heavy (non-hydrogen) atoms. The Morgan fingerprint density at radius 1 is 1.50 bits per heavy atom. The molecule has 0 aromatic carbocycles. The molecule has 0 radical (unpaired) electrons. The molecule has 1 unspecified atom stereocenters. The Kier molecular flexibility index (Phi) is 4.66. The molecule has 1 N–H and O–H groups in total. The molecular weight excluding hydrogens is 280 g/mol. The Hall–Kier alpha value is -1.56. The molecule has 6 heteroatoms. The van der Waals surface area contributed by atoms with Crippen molar-refractivity contribution in [1.82, 2.24) is 20.0 Å². The SMILES string of the molecule is CCC1CN(C(=O)NCc2c(C3CC3)cnn2C)CCCO1. The summed E-state index contributed by atoms with van der Waals surface area (Å²) < 4.78 is 7.61. The minimum atomic E-state index is 0.00639. The second-order valence-corrected chi connectivity index (χ2v) is 6.30. The molecule has 2 aliphatic rings. The number of hydrogen-bond donors (Lipinski definition) is 1. The van der Waals surface area contributed by atoms with Crippen LogP contribution in [0.1, 0.15) is 49.8 Å². The second kappa shape index (κ2) is 6.69. The number of nitrogens with one attached hydrogen (secondary N) is 1. The number of rotatable bonds is 4. The van der Waals surface area contributed by atoms with Gasteiger partial charge in [-0.25, -0.2) is 4.79 Å². The molecular formula is C16H26N4O2. The Bertz CT molecular complexity index is 524. The Morgan fingerprint density at radius 2 is 2.32 bits per heavy atom. The molecule has 2 heterocycles. The van der Waals surface area contributed by atoms with Crippen LogP contribution in [0.2, 0.25) is 0 Å². The van der Waals surface area contributed by atoms with Crippen molar-refractivity contribution in [1.29, 1.82) is 0 Å². The minimum absolute atomic E-state index is 0.00639. The molecule has 122 valence electrons. The largest absolute Gasteiger partial charge is 0.376 e. The standard InChI is InChI=1S/C16H26N4O2/c1-3-13-11-20(7-4-8-22-13)16(21)17-10-15-14(12-5-6-12)9-18-19(15)2/h9,12-13H,3-8,10-11H2,1-2H3,(H,17,21). The van der Waals surface area contributed by atoms with E-state index in [-0.39, 0.29) is 12.1 Å². The van der Waals surface area contributed by atoms with Gasteiger partial charge in [-0.15, -0.1) is 0 Å². The van der Waals surface area contributed by atoms with Gasteiger partial charge in [0, 0.05) is 26.7 Å². The van der Waals surface area contributed by atoms with Crippen LogP contribution in [-0.2, 0) is 18.3 Å². The fraction of sp³-hybridized carbons (Fsp3) is 0.750. The van der Waals surface area contributed by atoms with Crippen LogP contribution in [0.25, 0.3) is 0 Å². The number of amides is 2. The molecule has 0 spiro atoms. The summed E-state index contributed by atoms with van der Waals surface area (Å²) in [5.74, 6) is 0.650. The first-order valence-electron chi connectivity index (χ1n) is 8.34. The molecule has 0 bridgehead atoms. The molecule has 1 aromatic heterocycles. The molecule has 2 amide bonds. The monoisotopic (exact) mass is 306 g/mol. The highest BCUT2D eigenvalue weighted by atomic mass is 16.5. The van der Waals surface area contributed by atoms with Crippen molar-refractivity contribution in [3.05, 3.63) is 17.5 Å². The van der Waals surface area contributed by atoms with Crippen LogP contribution in [0.15, 0.2) is 6.20 Å². The first kappa shape index (κ1) is 15.3. The normalized spacial score (nSPS) is 22.5. The van der Waals surface area contributed by atoms with E-state index in [9.17, 15) is 4.79 Å². The predicted octanol–water partition coefficient (Wildman–Crippen LogP) is 2.01. The topological polar surface area (TPSA) is 59.4 Å². The van der Waals surface area contributed by atoms with Crippen LogP contribution in [0.4, 0.5) is 4.79 Å². The summed E-state index contributed by atoms with van der Waals surface area (Å²) in [4.78, 5) is 14.3. The summed E-state index contributed by atoms with van der Waals surface area (Å²) in [5, 5.41) is 7.40. The van der Waals surface area contributed by atoms with Crippen LogP contribution in [0.3, 0.4) is 0 Å². The molecule has 1 saturated carbocycles. The molecule has 6 nitrogen and oxygen atoms in total. The van der Waals surface area contributed by atoms with Crippen molar-refractivity contribution in [2.45, 2.75) is 51.2 Å². The lowest BCUT2D eigenvalue weighted by molar-refractivity contribution is 0.0554. The quantitative estimate of drug-likeness (QED) is 0.925. The van der Waals surface area contributed by atoms with E-state index in [0.29, 0.717) is 19.0 Å². The van der Waals surface area contributed by atoms with Crippen molar-refractivity contribution >= 4 is 6.03 Å². The van der Waals surface area contributed by atoms with Gasteiger partial charge in [0.25, 0.3) is 0 Å². The third-order valence-electron chi connectivity index (χ3n) is 4.61. The summed E-state index contributed by atoms with van der Waals surface area (Å²) in [6, 6.07) is 0.00639. The Labute approximate surface area is 131 Å². The maximum Gasteiger partial charge on any atom is 0.317 e. The number of ether oxygens (including phenoxy) is 1. The molecule has 1 saturated heterocycles. The fourth-order valence-electron chi connectivity index (χ4n) is 3.03. The second-order valence-electron chi connectivity index (χ2n) is 6.30. The Balaban J connectivity index is 1.58. The average molecular weight is 306 g/mol. The number of aryl methyl sites for hydroxylation is 1. The van der Waals surface area contributed by atoms with Crippen LogP contribution >= 0.6 is 0 Å². The van der Waals surface area contributed by atoms with E-state index in [1.807, 2.05) is 22.8 Å². The van der Waals surface area contributed by atoms with Crippen molar-refractivity contribution in [3.63, 3.8) is 0 Å². The number of urea groups is 1. The highest BCUT2D eigenvalue weighted by Gasteiger charge is 2.28. The zero-order valence-electron chi connectivity index (χ0n) is 13.5. The number of hydrogen-bond acceptors (Lipinski definition) is 3. The fourth-order valence-corrected chi connectivity index (χ4v) is 3.03. The van der Waals surface area contributed by atoms with E-state index >= 15 is 0 Å². The predicted molar refractivity (Wildman–Crippen MR) is 83.6 cm³/mol. The van der Waals surface area contributed by atoms with Crippen molar-refractivity contribution in [2.24, 2.45) is 7.05 Å². The van der Waals surface area contributed by atoms with Gasteiger partial charge in [0.2, 0.25) is 0 Å². The number of carbonyl (C=O) groups excluding carboxylic acids is 1. The first-order chi connectivity index (χ1) is 10.7. The Morgan fingerprint density at radius 3 is 3.05 bits per heavy atom. The minimum Gasteiger partial charge on any atom is -0.376 e. The molecule has 1 atom stereocenters. The summed E-state index contributed by atoms with van der Waals surface area (Å²) in [5.41, 5.74) is 2.43. The maximum absolute atomic E-state index is 12.4. The highest BCUT2D eigenvalue weighted by Crippen LogP contribution is 2.41. The molecule has 3 rings (SSSR count). The van der Waals surface area contributed by atoms with Gasteiger partial charge in [-0.2, -0.15) is 5.10 Å². The van der Waals surface area contributed by atoms with E-state index in [2.05, 4.69) is 17.3 Å². The smallest absolute Gasteiger partial charge is 0.317 e. The molecule has 2 fully saturated rings. The van der Waals surface area contributed by atoms with E-state index < -0.39 is 0 Å². The van der Waals surface area contributed by atoms with Gasteiger partial charge in [-0.3, -0.25) is 4.68 Å². The number of aromatic nitrogens is 2. The lowest BCUT2D eigenvalue weighted by atomic mass is 10.1. The highest BCUT2D eigenvalue weighted by molar-refractivity contribution is 5.74. The molecule has 1 aliphatic carbocycles. The van der Waals surface area contributed by atoms with E-state index in [0.717, 1.165) is 31.7 Å². The van der Waals surface area contributed by atoms with E-state index in [4.69, 9.17) is 4.74 Å². The summed E-state index contributed by atoms with van der Waals surface area (Å²) in [6.07, 6.45) is 6.45. The van der Waals surface area contributed by atoms with Crippen LogP contribution in [-0.4, -0.2) is 46.5 Å². The zero-order chi connectivity index (χ0) is 15.5. The summed E-state index contributed by atoms with van der Waals surface area (Å²) in [7, 11) is 1.94. The van der Waals surface area contributed by atoms with Gasteiger partial charge >= 0.3 is 6.03 Å². The summed E-state index contributed by atoms with van der Waals surface area (Å²) >= 11 is 0. The van der Waals surface area contributed by atoms with Crippen LogP contribution in [0.5, 0.6) is 0 Å². The van der Waals surface area contributed by atoms with Gasteiger partial charge in [-0.05, 0) is 37.2 Å². The van der Waals surface area contributed by atoms with Crippen molar-refractivity contribution in [2.75, 3.05) is 19.7 Å². The summed E-state index contributed by atoms with van der Waals surface area (Å²) in [6.45, 7) is 4.85. The van der Waals surface area contributed by atoms with Gasteiger partial charge < -0.3 is 15.0 Å². The number of nitrogens with zero attached hydrogens (tertiary/aromatic N) is 3. The lowest BCUT2D eigenvalue weighted by Gasteiger charge is -2.23. The average Bonchev–Trinajstić information content (AvgIpc) is 3.32. The van der Waals surface area contributed by atoms with Gasteiger partial charge in [0.05, 0.1) is 24.5 Å². The van der Waals surface area contributed by atoms with Crippen LogP contribution < -0.4 is 5.32 Å². The van der Waals surface area contributed by atoms with Gasteiger partial charge in [0.1, 0.15) is 0 Å². The number of carbonyl (C=O) groups is 1. The third kappa shape index (κ3) is 3.43. The van der Waals surface area contributed by atoms with Crippen molar-refractivity contribution < 1.29 is 9.53 Å². The maximum atomic E-state index is 12.4. The van der Waals surface area contributed by atoms with Crippen LogP contribution in [0, 0.1) is 0 Å². The van der Waals surface area contributed by atoms with Gasteiger partial charge in [0.15, 0.2) is 0 Å². The molecule has 1 aliphatic heterocycles. The van der Waals surface area contributed by atoms with Crippen molar-refractivity contribution in [3.8, 4) is 0 Å².